The summed E-state index contributed by atoms with van der Waals surface area (Å²) in [5.74, 6) is -74.9. The van der Waals surface area contributed by atoms with Crippen molar-refractivity contribution in [3.8, 4) is 0 Å². The molecule has 0 aromatic rings. The van der Waals surface area contributed by atoms with Gasteiger partial charge in [-0.25, -0.2) is 57.1 Å². The van der Waals surface area contributed by atoms with Crippen LogP contribution < -0.4 is 0 Å². The van der Waals surface area contributed by atoms with Crippen LogP contribution in [0.1, 0.15) is 238 Å². The van der Waals surface area contributed by atoms with Gasteiger partial charge in [-0.1, -0.05) is 157 Å². The van der Waals surface area contributed by atoms with Crippen molar-refractivity contribution in [2.45, 2.75) is 387 Å². The Morgan fingerprint density at radius 1 is 0.217 bits per heavy atom. The van der Waals surface area contributed by atoms with E-state index < -0.39 is 289 Å². The molecule has 0 N–H and O–H groups in total. The summed E-state index contributed by atoms with van der Waals surface area (Å²) in [5, 5.41) is 0. The van der Waals surface area contributed by atoms with Crippen LogP contribution in [0, 0.1) is 166 Å². The van der Waals surface area contributed by atoms with Gasteiger partial charge >= 0.3 is 85.2 Å². The van der Waals surface area contributed by atoms with Crippen LogP contribution in [0.5, 0.6) is 0 Å². The highest BCUT2D eigenvalue weighted by Crippen LogP contribution is 2.68. The molecule has 0 aliphatic heterocycles. The fourth-order valence-corrected chi connectivity index (χ4v) is 20.5. The number of rotatable bonds is 0. The van der Waals surface area contributed by atoms with Gasteiger partial charge in [-0.3, -0.25) is 0 Å². The molecule has 36 atom stereocenters. The topological polar surface area (TPSA) is 0 Å². The Morgan fingerprint density at radius 2 is 0.500 bits per heavy atom. The molecule has 10 aliphatic carbocycles. The van der Waals surface area contributed by atoms with Crippen LogP contribution in [0.2, 0.25) is 0 Å². The lowest BCUT2D eigenvalue weighted by Crippen LogP contribution is -2.77. The van der Waals surface area contributed by atoms with Crippen molar-refractivity contribution < 1.29 is 222 Å². The minimum absolute atomic E-state index is 0.0166. The average Bonchev–Trinajstić information content (AvgIpc) is 1.36. The largest absolute Gasteiger partial charge is 0.392 e. The van der Waals surface area contributed by atoms with E-state index in [4.69, 9.17) is 2.74 Å². The fraction of sp³-hybridized carbons (Fsp3) is 1.00. The average molecular weight is 2140 g/mol. The summed E-state index contributed by atoms with van der Waals surface area (Å²) < 4.78 is 651. The Balaban J connectivity index is 0.000000782. The monoisotopic (exact) mass is 2130 g/mol. The molecule has 138 heavy (non-hydrogen) atoms. The van der Waals surface area contributed by atoms with E-state index in [1.165, 1.54) is 41.5 Å². The molecule has 0 bridgehead atoms. The molecule has 10 saturated carbocycles. The minimum Gasteiger partial charge on any atom is -0.247 e. The Labute approximate surface area is 773 Å². The minimum atomic E-state index is -6.19. The van der Waals surface area contributed by atoms with E-state index in [0.29, 0.717) is 39.0 Å². The van der Waals surface area contributed by atoms with Crippen LogP contribution in [0.3, 0.4) is 0 Å². The zero-order valence-electron chi connectivity index (χ0n) is 80.9. The molecule has 0 aromatic carbocycles. The van der Waals surface area contributed by atoms with Gasteiger partial charge < -0.3 is 0 Å². The van der Waals surface area contributed by atoms with Gasteiger partial charge in [-0.15, -0.1) is 0 Å². The first-order valence-corrected chi connectivity index (χ1v) is 44.6. The van der Waals surface area contributed by atoms with Crippen molar-refractivity contribution in [1.29, 1.82) is 0 Å². The van der Waals surface area contributed by atoms with Crippen LogP contribution in [-0.2, 0) is 0 Å². The van der Waals surface area contributed by atoms with Crippen LogP contribution in [-0.4, -0.2) is 152 Å². The van der Waals surface area contributed by atoms with Crippen molar-refractivity contribution in [2.24, 2.45) is 166 Å². The number of hydrogen-bond acceptors (Lipinski definition) is 0. The summed E-state index contributed by atoms with van der Waals surface area (Å²) in [5.41, 5.74) is -9.59. The van der Waals surface area contributed by atoms with E-state index in [2.05, 4.69) is 0 Å². The number of alkyl halides is 50. The molecule has 50 heteroatoms. The highest BCUT2D eigenvalue weighted by atomic mass is 19.5. The third kappa shape index (κ3) is 30.6. The summed E-state index contributed by atoms with van der Waals surface area (Å²) in [7, 11) is 0. The highest BCUT2D eigenvalue weighted by molar-refractivity contribution is 5.21. The van der Waals surface area contributed by atoms with Crippen molar-refractivity contribution in [1.82, 2.24) is 0 Å². The normalized spacial score (nSPS) is 43.4. The summed E-state index contributed by atoms with van der Waals surface area (Å²) in [6, 6.07) is 0. The zero-order chi connectivity index (χ0) is 112. The van der Waals surface area contributed by atoms with Crippen molar-refractivity contribution in [3.05, 3.63) is 0 Å². The molecule has 10 rings (SSSR count). The SMILES string of the molecule is CC1C(C(F)(F)F)C(C(F)(F)F)C(C)[C@@H](C)C1C(F)(F)F.CC1C(F)(F)C(C)(F)C(F)(F)C1(F)F.CC1C(F)C(C)C(F)C1F.CC1C(F)C(F)C(F)[C@@H](C)C1F.CC1CC(C(F)(F)F)C[C@@H](C)C1.CC1CCCC(C(F)(F)F)[C@@H]1C.CC1C[C@H](C)CC(C(F)(F)F)C1C(F)(F)F.C[C@H]1C(F)(F)C(C)(F)C(F)(F)C(F)(F)C1(F)F.[2H][C@@]1(C)C(C)CCCC1C(F)(F)F.[2H][C@]1(C)CC(C)CC(C(F)(F)F)C1. The predicted molar refractivity (Wildman–Crippen MR) is 413 cm³/mol. The lowest BCUT2D eigenvalue weighted by molar-refractivity contribution is -0.431. The molecule has 0 aromatic heterocycles. The third-order valence-electron chi connectivity index (χ3n) is 29.7. The van der Waals surface area contributed by atoms with Gasteiger partial charge in [0.25, 0.3) is 11.8 Å². The molecule has 0 amide bonds. The Bertz CT molecular complexity index is 3510. The van der Waals surface area contributed by atoms with Gasteiger partial charge in [0.1, 0.15) is 37.0 Å². The third-order valence-corrected chi connectivity index (χ3v) is 29.7. The van der Waals surface area contributed by atoms with Crippen molar-refractivity contribution in [3.63, 3.8) is 0 Å². The molecular formula is C88H126F50. The molecule has 828 valence electrons. The number of hydrogen-bond donors (Lipinski definition) is 0. The molecule has 0 heterocycles. The van der Waals surface area contributed by atoms with Crippen LogP contribution in [0.15, 0.2) is 0 Å². The quantitative estimate of drug-likeness (QED) is 0.212. The molecule has 0 spiro atoms. The first kappa shape index (κ1) is 129. The standard InChI is InChI=1S/C12H15F9.C10H14F6.4C9H15F3.C8H7F9.C8H12F4.C7H7F7.C7H11F3/c1-4-5(2)8(11(16,17)18)9(12(19,20)21)6(3)7(4)10(13,14)15;1-5-3-6(2)8(10(14,15)16)7(4-5)9(11,12)13;2*1-6-3-7(2)5-8(4-6)9(10,11)12;2*1-6-4-3-5-8(7(6)2)9(10,11)12;1-3-5(10,11)4(2,9)7(14,15)8(16,17)6(3,12)13;1-3-5(9)4(2)7(11)8(12)6(3)10;1-3-5(9,10)4(2,8)7(13,14)6(3,11)12;1-3-5(8)4(2)7(10)6(3)9/h4-9H,1-3H3;5-8H,3-4H2,1-2H3;4*6-8H,3-5H2,1-2H3;3H,1-2H3;3-8H,1-2H3;3H,1-2H3;3-7H,1-2H3/t4-,5?,6?,7?,8?,9?;5-,6?,7?,8?;2*6-,7?,8?;2*6?,7-,8?;3-,4?;3-,4?,5?,6?,7?,8?;;/m10001100../s1/i;;6D;;7D;;;;;. The number of halogens is 50. The van der Waals surface area contributed by atoms with Crippen LogP contribution in [0.25, 0.3) is 0 Å². The molecule has 28 unspecified atom stereocenters. The molecule has 0 nitrogen and oxygen atoms in total. The van der Waals surface area contributed by atoms with E-state index in [1.807, 2.05) is 20.8 Å². The van der Waals surface area contributed by atoms with Crippen LogP contribution in [0.4, 0.5) is 220 Å². The zero-order valence-corrected chi connectivity index (χ0v) is 78.9. The van der Waals surface area contributed by atoms with E-state index >= 15 is 0 Å². The fourth-order valence-electron chi connectivity index (χ4n) is 20.5. The lowest BCUT2D eigenvalue weighted by atomic mass is 9.57. The summed E-state index contributed by atoms with van der Waals surface area (Å²) in [6.07, 6.45) is -48.0. The molecule has 10 aliphatic rings. The second-order valence-corrected chi connectivity index (χ2v) is 40.4. The van der Waals surface area contributed by atoms with E-state index in [0.717, 1.165) is 39.5 Å². The van der Waals surface area contributed by atoms with E-state index in [1.54, 1.807) is 34.6 Å². The maximum Gasteiger partial charge on any atom is 0.392 e. The molecule has 0 saturated heterocycles. The molecule has 0 radical (unpaired) electrons. The summed E-state index contributed by atoms with van der Waals surface area (Å²) >= 11 is 0. The Morgan fingerprint density at radius 3 is 0.790 bits per heavy atom. The smallest absolute Gasteiger partial charge is 0.247 e. The highest BCUT2D eigenvalue weighted by Gasteiger charge is 2.92. The van der Waals surface area contributed by atoms with E-state index in [9.17, 15) is 220 Å². The first-order chi connectivity index (χ1) is 61.5. The Kier molecular flexibility index (Phi) is 43.7. The first-order valence-electron chi connectivity index (χ1n) is 45.6. The maximum atomic E-state index is 13.2. The van der Waals surface area contributed by atoms with Gasteiger partial charge in [0.2, 0.25) is 11.3 Å². The predicted octanol–water partition coefficient (Wildman–Crippen LogP) is 36.4. The van der Waals surface area contributed by atoms with Gasteiger partial charge in [-0.2, -0.15) is 162 Å². The second kappa shape index (κ2) is 46.9. The van der Waals surface area contributed by atoms with Gasteiger partial charge in [0, 0.05) is 26.4 Å². The summed E-state index contributed by atoms with van der Waals surface area (Å²) in [6.45, 7) is 23.9. The van der Waals surface area contributed by atoms with E-state index in [-0.39, 0.29) is 87.9 Å². The van der Waals surface area contributed by atoms with Gasteiger partial charge in [0.05, 0.1) is 65.1 Å². The molecule has 10 fully saturated rings. The lowest BCUT2D eigenvalue weighted by Gasteiger charge is -2.51. The van der Waals surface area contributed by atoms with Crippen molar-refractivity contribution >= 4 is 0 Å². The van der Waals surface area contributed by atoms with Gasteiger partial charge in [-0.05, 0) is 155 Å². The van der Waals surface area contributed by atoms with Gasteiger partial charge in [0.15, 0.2) is 6.17 Å². The van der Waals surface area contributed by atoms with Crippen LogP contribution >= 0.6 is 0 Å². The maximum absolute atomic E-state index is 13.2. The van der Waals surface area contributed by atoms with Crippen molar-refractivity contribution in [2.75, 3.05) is 0 Å². The Hall–Kier alpha value is -3.50. The molecular weight excluding hydrogens is 2010 g/mol. The summed E-state index contributed by atoms with van der Waals surface area (Å²) in [4.78, 5) is 0. The second-order valence-electron chi connectivity index (χ2n) is 40.4.